The summed E-state index contributed by atoms with van der Waals surface area (Å²) in [6.07, 6.45) is 7.14. The van der Waals surface area contributed by atoms with E-state index in [4.69, 9.17) is 5.73 Å². The van der Waals surface area contributed by atoms with Crippen LogP contribution in [0.1, 0.15) is 52.1 Å². The Labute approximate surface area is 128 Å². The van der Waals surface area contributed by atoms with E-state index >= 15 is 0 Å². The van der Waals surface area contributed by atoms with Gasteiger partial charge in [-0.1, -0.05) is 26.8 Å². The van der Waals surface area contributed by atoms with Crippen LogP contribution in [0.4, 0.5) is 0 Å². The quantitative estimate of drug-likeness (QED) is 0.900. The Balaban J connectivity index is 2.01. The van der Waals surface area contributed by atoms with E-state index in [9.17, 15) is 4.79 Å². The van der Waals surface area contributed by atoms with Crippen LogP contribution in [-0.2, 0) is 11.2 Å². The summed E-state index contributed by atoms with van der Waals surface area (Å²) in [7, 11) is 0. The van der Waals surface area contributed by atoms with Crippen molar-refractivity contribution in [2.24, 2.45) is 28.9 Å². The van der Waals surface area contributed by atoms with Crippen molar-refractivity contribution in [2.45, 2.75) is 52.9 Å². The van der Waals surface area contributed by atoms with Gasteiger partial charge in [0.1, 0.15) is 0 Å². The number of rotatable bonds is 5. The number of aromatic nitrogens is 1. The van der Waals surface area contributed by atoms with Crippen molar-refractivity contribution in [3.63, 3.8) is 0 Å². The van der Waals surface area contributed by atoms with Crippen LogP contribution in [0.15, 0.2) is 24.4 Å². The van der Waals surface area contributed by atoms with Gasteiger partial charge in [0, 0.05) is 17.8 Å². The molecule has 0 spiro atoms. The summed E-state index contributed by atoms with van der Waals surface area (Å²) in [6.45, 7) is 6.72. The predicted octanol–water partition coefficient (Wildman–Crippen LogP) is 3.58. The number of nitrogens with two attached hydrogens (primary N) is 1. The van der Waals surface area contributed by atoms with Crippen molar-refractivity contribution in [2.75, 3.05) is 0 Å². The molecule has 1 aromatic heterocycles. The second-order valence-corrected chi connectivity index (χ2v) is 7.29. The van der Waals surface area contributed by atoms with Gasteiger partial charge >= 0.3 is 0 Å². The third-order valence-electron chi connectivity index (χ3n) is 5.24. The fourth-order valence-electron chi connectivity index (χ4n) is 3.81. The van der Waals surface area contributed by atoms with E-state index in [1.807, 2.05) is 18.3 Å². The molecule has 0 aliphatic heterocycles. The van der Waals surface area contributed by atoms with E-state index in [-0.39, 0.29) is 17.2 Å². The van der Waals surface area contributed by atoms with E-state index in [1.54, 1.807) is 0 Å². The summed E-state index contributed by atoms with van der Waals surface area (Å²) >= 11 is 0. The molecule has 1 heterocycles. The fraction of sp³-hybridized carbons (Fsp3) is 0.667. The van der Waals surface area contributed by atoms with E-state index in [0.29, 0.717) is 11.8 Å². The molecule has 3 heteroatoms. The Morgan fingerprint density at radius 2 is 2.24 bits per heavy atom. The molecule has 21 heavy (non-hydrogen) atoms. The molecule has 3 unspecified atom stereocenters. The molecule has 116 valence electrons. The summed E-state index contributed by atoms with van der Waals surface area (Å²) in [4.78, 5) is 16.2. The van der Waals surface area contributed by atoms with E-state index in [1.165, 1.54) is 6.42 Å². The SMILES string of the molecule is CC(C)C1CCC(C)(CCc2ccccn2)CC1C(N)=O. The number of hydrogen-bond donors (Lipinski definition) is 1. The molecule has 0 saturated heterocycles. The van der Waals surface area contributed by atoms with E-state index in [2.05, 4.69) is 31.8 Å². The van der Waals surface area contributed by atoms with Crippen LogP contribution in [-0.4, -0.2) is 10.9 Å². The number of carbonyl (C=O) groups excluding carboxylic acids is 1. The van der Waals surface area contributed by atoms with Crippen molar-refractivity contribution in [3.8, 4) is 0 Å². The molecular formula is C18H28N2O. The average Bonchev–Trinajstić information content (AvgIpc) is 2.46. The molecule has 0 aromatic carbocycles. The lowest BCUT2D eigenvalue weighted by Gasteiger charge is -2.43. The first-order chi connectivity index (χ1) is 9.91. The number of primary amides is 1. The second kappa shape index (κ2) is 6.59. The highest BCUT2D eigenvalue weighted by Crippen LogP contribution is 2.47. The molecule has 1 saturated carbocycles. The smallest absolute Gasteiger partial charge is 0.220 e. The standard InChI is InChI=1S/C18H28N2O/c1-13(2)15-8-10-18(3,12-16(15)17(19)21)9-7-14-6-4-5-11-20-14/h4-6,11,13,15-16H,7-10,12H2,1-3H3,(H2,19,21). The minimum Gasteiger partial charge on any atom is -0.369 e. The van der Waals surface area contributed by atoms with Gasteiger partial charge in [-0.05, 0) is 61.5 Å². The highest BCUT2D eigenvalue weighted by atomic mass is 16.1. The van der Waals surface area contributed by atoms with Crippen LogP contribution in [0.3, 0.4) is 0 Å². The minimum absolute atomic E-state index is 0.0347. The number of nitrogens with zero attached hydrogens (tertiary/aromatic N) is 1. The molecule has 1 aromatic rings. The zero-order chi connectivity index (χ0) is 15.5. The van der Waals surface area contributed by atoms with Gasteiger partial charge in [-0.3, -0.25) is 9.78 Å². The van der Waals surface area contributed by atoms with Crippen LogP contribution >= 0.6 is 0 Å². The zero-order valence-corrected chi connectivity index (χ0v) is 13.5. The zero-order valence-electron chi connectivity index (χ0n) is 13.5. The molecule has 0 radical (unpaired) electrons. The number of pyridine rings is 1. The molecule has 1 aliphatic rings. The van der Waals surface area contributed by atoms with Crippen molar-refractivity contribution in [3.05, 3.63) is 30.1 Å². The Morgan fingerprint density at radius 1 is 1.48 bits per heavy atom. The van der Waals surface area contributed by atoms with Gasteiger partial charge in [-0.25, -0.2) is 0 Å². The van der Waals surface area contributed by atoms with Gasteiger partial charge in [-0.15, -0.1) is 0 Å². The largest absolute Gasteiger partial charge is 0.369 e. The normalized spacial score (nSPS) is 29.5. The summed E-state index contributed by atoms with van der Waals surface area (Å²) in [5.74, 6) is 0.901. The van der Waals surface area contributed by atoms with Gasteiger partial charge in [0.15, 0.2) is 0 Å². The maximum atomic E-state index is 11.8. The van der Waals surface area contributed by atoms with Crippen LogP contribution in [0.5, 0.6) is 0 Å². The van der Waals surface area contributed by atoms with Crippen molar-refractivity contribution < 1.29 is 4.79 Å². The number of carbonyl (C=O) groups is 1. The maximum absolute atomic E-state index is 11.8. The Morgan fingerprint density at radius 3 is 2.81 bits per heavy atom. The third kappa shape index (κ3) is 4.05. The van der Waals surface area contributed by atoms with Gasteiger partial charge in [0.05, 0.1) is 0 Å². The van der Waals surface area contributed by atoms with Gasteiger partial charge in [0.2, 0.25) is 5.91 Å². The van der Waals surface area contributed by atoms with Gasteiger partial charge in [-0.2, -0.15) is 0 Å². The first-order valence-corrected chi connectivity index (χ1v) is 8.10. The summed E-state index contributed by atoms with van der Waals surface area (Å²) in [5.41, 5.74) is 7.02. The number of hydrogen-bond acceptors (Lipinski definition) is 2. The molecule has 2 N–H and O–H groups in total. The summed E-state index contributed by atoms with van der Waals surface area (Å²) < 4.78 is 0. The average molecular weight is 288 g/mol. The molecule has 0 bridgehead atoms. The summed E-state index contributed by atoms with van der Waals surface area (Å²) in [6, 6.07) is 6.06. The lowest BCUT2D eigenvalue weighted by molar-refractivity contribution is -0.127. The van der Waals surface area contributed by atoms with Crippen LogP contribution in [0, 0.1) is 23.2 Å². The van der Waals surface area contributed by atoms with Crippen LogP contribution in [0.25, 0.3) is 0 Å². The van der Waals surface area contributed by atoms with Gasteiger partial charge in [0.25, 0.3) is 0 Å². The molecule has 1 amide bonds. The maximum Gasteiger partial charge on any atom is 0.220 e. The topological polar surface area (TPSA) is 56.0 Å². The van der Waals surface area contributed by atoms with Crippen LogP contribution in [0.2, 0.25) is 0 Å². The molecule has 2 rings (SSSR count). The van der Waals surface area contributed by atoms with Crippen molar-refractivity contribution >= 4 is 5.91 Å². The second-order valence-electron chi connectivity index (χ2n) is 7.29. The first kappa shape index (κ1) is 16.0. The number of aryl methyl sites for hydroxylation is 1. The van der Waals surface area contributed by atoms with E-state index in [0.717, 1.165) is 31.4 Å². The molecule has 3 atom stereocenters. The fourth-order valence-corrected chi connectivity index (χ4v) is 3.81. The monoisotopic (exact) mass is 288 g/mol. The van der Waals surface area contributed by atoms with Crippen LogP contribution < -0.4 is 5.73 Å². The predicted molar refractivity (Wildman–Crippen MR) is 85.5 cm³/mol. The first-order valence-electron chi connectivity index (χ1n) is 8.10. The Bertz CT molecular complexity index is 471. The lowest BCUT2D eigenvalue weighted by Crippen LogP contribution is -2.41. The molecule has 1 aliphatic carbocycles. The highest BCUT2D eigenvalue weighted by Gasteiger charge is 2.41. The summed E-state index contributed by atoms with van der Waals surface area (Å²) in [5, 5.41) is 0. The van der Waals surface area contributed by atoms with Gasteiger partial charge < -0.3 is 5.73 Å². The van der Waals surface area contributed by atoms with Crippen molar-refractivity contribution in [1.29, 1.82) is 0 Å². The number of amides is 1. The molecule has 1 fully saturated rings. The lowest BCUT2D eigenvalue weighted by atomic mass is 9.62. The van der Waals surface area contributed by atoms with Crippen molar-refractivity contribution in [1.82, 2.24) is 4.98 Å². The Hall–Kier alpha value is -1.38. The molecule has 3 nitrogen and oxygen atoms in total. The molecular weight excluding hydrogens is 260 g/mol. The minimum atomic E-state index is -0.113. The highest BCUT2D eigenvalue weighted by molar-refractivity contribution is 5.77. The Kier molecular flexibility index (Phi) is 5.02. The van der Waals surface area contributed by atoms with E-state index < -0.39 is 0 Å². The third-order valence-corrected chi connectivity index (χ3v) is 5.24.